The zero-order valence-corrected chi connectivity index (χ0v) is 19.0. The van der Waals surface area contributed by atoms with Crippen LogP contribution in [-0.2, 0) is 0 Å². The van der Waals surface area contributed by atoms with E-state index in [-0.39, 0.29) is 5.25 Å². The number of anilines is 1. The molecule has 0 saturated carbocycles. The van der Waals surface area contributed by atoms with Gasteiger partial charge in [-0.15, -0.1) is 16.9 Å². The second-order valence-electron chi connectivity index (χ2n) is 7.14. The van der Waals surface area contributed by atoms with Gasteiger partial charge in [-0.2, -0.15) is 4.68 Å². The molecule has 0 fully saturated rings. The topological polar surface area (TPSA) is 60.1 Å². The Bertz CT molecular complexity index is 1320. The van der Waals surface area contributed by atoms with E-state index in [2.05, 4.69) is 74.9 Å². The van der Waals surface area contributed by atoms with Gasteiger partial charge in [0, 0.05) is 22.0 Å². The van der Waals surface area contributed by atoms with Crippen LogP contribution in [0.4, 0.5) is 5.69 Å². The number of hydrogen-bond donors (Lipinski definition) is 1. The first-order valence-electron chi connectivity index (χ1n) is 9.74. The van der Waals surface area contributed by atoms with E-state index in [1.807, 2.05) is 42.1 Å². The predicted octanol–water partition coefficient (Wildman–Crippen LogP) is 6.20. The maximum absolute atomic E-state index is 11.9. The minimum Gasteiger partial charge on any atom is -0.392 e. The zero-order chi connectivity index (χ0) is 21.4. The van der Waals surface area contributed by atoms with Crippen LogP contribution in [0.5, 0.6) is 0 Å². The largest absolute Gasteiger partial charge is 0.441 e. The van der Waals surface area contributed by atoms with Gasteiger partial charge >= 0.3 is 5.76 Å². The van der Waals surface area contributed by atoms with Gasteiger partial charge in [0.05, 0.1) is 16.6 Å². The first kappa shape index (κ1) is 19.9. The molecule has 7 heteroatoms. The van der Waals surface area contributed by atoms with E-state index >= 15 is 0 Å². The summed E-state index contributed by atoms with van der Waals surface area (Å²) in [5.74, 6) is -0.147. The van der Waals surface area contributed by atoms with Gasteiger partial charge in [0.2, 0.25) is 5.89 Å². The van der Waals surface area contributed by atoms with Gasteiger partial charge in [-0.1, -0.05) is 52.3 Å². The molecule has 0 spiro atoms. The van der Waals surface area contributed by atoms with Gasteiger partial charge in [-0.3, -0.25) is 0 Å². The Hall–Kier alpha value is -3.03. The molecule has 0 saturated heterocycles. The van der Waals surface area contributed by atoms with E-state index in [9.17, 15) is 4.79 Å². The van der Waals surface area contributed by atoms with E-state index in [1.54, 1.807) is 6.92 Å². The third-order valence-electron chi connectivity index (χ3n) is 5.00. The fourth-order valence-electron chi connectivity index (χ4n) is 3.48. The summed E-state index contributed by atoms with van der Waals surface area (Å²) in [6.07, 6.45) is 2.25. The van der Waals surface area contributed by atoms with Crippen molar-refractivity contribution in [2.75, 3.05) is 5.32 Å². The van der Waals surface area contributed by atoms with Crippen molar-refractivity contribution in [1.29, 1.82) is 0 Å². The Balaban J connectivity index is 1.55. The summed E-state index contributed by atoms with van der Waals surface area (Å²) < 4.78 is 7.34. The number of benzene rings is 3. The number of para-hydroxylation sites is 1. The molecule has 2 heterocycles. The van der Waals surface area contributed by atoms with Gasteiger partial charge in [0.25, 0.3) is 0 Å². The fourth-order valence-corrected chi connectivity index (χ4v) is 4.92. The lowest BCUT2D eigenvalue weighted by Gasteiger charge is -2.13. The molecule has 1 atom stereocenters. The molecule has 1 aliphatic rings. The van der Waals surface area contributed by atoms with Crippen molar-refractivity contribution in [1.82, 2.24) is 9.78 Å². The third-order valence-corrected chi connectivity index (χ3v) is 6.80. The molecule has 0 radical (unpaired) electrons. The zero-order valence-electron chi connectivity index (χ0n) is 16.6. The second-order valence-corrected chi connectivity index (χ2v) is 9.24. The number of halogens is 1. The van der Waals surface area contributed by atoms with Crippen LogP contribution in [0.3, 0.4) is 0 Å². The number of thioether (sulfide) groups is 1. The molecule has 1 N–H and O–H groups in total. The molecular formula is C24H18BrN3O2S. The highest BCUT2D eigenvalue weighted by Crippen LogP contribution is 2.44. The Morgan fingerprint density at radius 3 is 2.48 bits per heavy atom. The Kier molecular flexibility index (Phi) is 5.29. The molecule has 5 rings (SSSR count). The highest BCUT2D eigenvalue weighted by molar-refractivity contribution is 9.10. The van der Waals surface area contributed by atoms with Crippen LogP contribution < -0.4 is 11.1 Å². The van der Waals surface area contributed by atoms with Gasteiger partial charge < -0.3 is 9.73 Å². The third kappa shape index (κ3) is 4.11. The number of aromatic nitrogens is 2. The monoisotopic (exact) mass is 491 g/mol. The SMILES string of the molecule is Cc1nn(-c2ccc(C3=CC(c4ccc(Br)cc4)Sc4ccccc4N3)cc2)c(=O)o1. The van der Waals surface area contributed by atoms with Gasteiger partial charge in [-0.05, 0) is 53.6 Å². The lowest BCUT2D eigenvalue weighted by atomic mass is 10.1. The van der Waals surface area contributed by atoms with Crippen molar-refractivity contribution in [2.45, 2.75) is 17.1 Å². The highest BCUT2D eigenvalue weighted by atomic mass is 79.9. The number of fused-ring (bicyclic) bond motifs is 1. The standard InChI is InChI=1S/C24H18BrN3O2S/c1-15-27-28(24(29)30-15)19-12-8-16(9-13-19)21-14-23(17-6-10-18(25)11-7-17)31-22-5-3-2-4-20(22)26-21/h2-14,23,26H,1H3. The normalized spacial score (nSPS) is 15.5. The Morgan fingerprint density at radius 1 is 1.03 bits per heavy atom. The first-order chi connectivity index (χ1) is 15.1. The number of nitrogens with zero attached hydrogens (tertiary/aromatic N) is 2. The van der Waals surface area contributed by atoms with Gasteiger partial charge in [0.1, 0.15) is 0 Å². The van der Waals surface area contributed by atoms with Crippen molar-refractivity contribution in [3.05, 3.63) is 111 Å². The molecule has 3 aromatic carbocycles. The molecule has 1 aromatic heterocycles. The second kappa shape index (κ2) is 8.24. The molecule has 154 valence electrons. The smallest absolute Gasteiger partial charge is 0.392 e. The average molecular weight is 492 g/mol. The van der Waals surface area contributed by atoms with Crippen LogP contribution in [-0.4, -0.2) is 9.78 Å². The van der Waals surface area contributed by atoms with E-state index in [0.717, 1.165) is 21.4 Å². The summed E-state index contributed by atoms with van der Waals surface area (Å²) in [7, 11) is 0. The van der Waals surface area contributed by atoms with E-state index < -0.39 is 5.76 Å². The number of hydrogen-bond acceptors (Lipinski definition) is 5. The van der Waals surface area contributed by atoms with Crippen molar-refractivity contribution < 1.29 is 4.42 Å². The van der Waals surface area contributed by atoms with E-state index in [0.29, 0.717) is 11.6 Å². The van der Waals surface area contributed by atoms with Crippen molar-refractivity contribution >= 4 is 39.1 Å². The molecular weight excluding hydrogens is 474 g/mol. The average Bonchev–Trinajstić information content (AvgIpc) is 3.00. The van der Waals surface area contributed by atoms with Crippen molar-refractivity contribution in [3.63, 3.8) is 0 Å². The van der Waals surface area contributed by atoms with Crippen LogP contribution >= 0.6 is 27.7 Å². The quantitative estimate of drug-likeness (QED) is 0.369. The summed E-state index contributed by atoms with van der Waals surface area (Å²) in [5.41, 5.74) is 5.01. The van der Waals surface area contributed by atoms with E-state index in [4.69, 9.17) is 4.42 Å². The summed E-state index contributed by atoms with van der Waals surface area (Å²) in [6.45, 7) is 1.66. The molecule has 1 unspecified atom stereocenters. The van der Waals surface area contributed by atoms with Crippen LogP contribution in [0.1, 0.15) is 22.3 Å². The summed E-state index contributed by atoms with van der Waals surface area (Å²) in [6, 6.07) is 24.5. The lowest BCUT2D eigenvalue weighted by molar-refractivity contribution is 0.477. The summed E-state index contributed by atoms with van der Waals surface area (Å²) in [4.78, 5) is 13.1. The minimum absolute atomic E-state index is 0.153. The Labute approximate surface area is 191 Å². The van der Waals surface area contributed by atoms with Crippen LogP contribution in [0.25, 0.3) is 11.4 Å². The van der Waals surface area contributed by atoms with Crippen LogP contribution in [0, 0.1) is 6.92 Å². The van der Waals surface area contributed by atoms with E-state index in [1.165, 1.54) is 15.1 Å². The summed E-state index contributed by atoms with van der Waals surface area (Å²) in [5, 5.41) is 7.87. The van der Waals surface area contributed by atoms with Crippen LogP contribution in [0.15, 0.2) is 97.5 Å². The molecule has 31 heavy (non-hydrogen) atoms. The highest BCUT2D eigenvalue weighted by Gasteiger charge is 2.19. The molecule has 0 bridgehead atoms. The molecule has 0 amide bonds. The van der Waals surface area contributed by atoms with Gasteiger partial charge in [-0.25, -0.2) is 4.79 Å². The van der Waals surface area contributed by atoms with Crippen LogP contribution in [0.2, 0.25) is 0 Å². The van der Waals surface area contributed by atoms with Crippen molar-refractivity contribution in [3.8, 4) is 5.69 Å². The number of aryl methyl sites for hydroxylation is 1. The minimum atomic E-state index is -0.488. The Morgan fingerprint density at radius 2 is 1.77 bits per heavy atom. The number of nitrogens with one attached hydrogen (secondary N) is 1. The van der Waals surface area contributed by atoms with Gasteiger partial charge in [0.15, 0.2) is 0 Å². The molecule has 4 aromatic rings. The van der Waals surface area contributed by atoms with Crippen molar-refractivity contribution in [2.24, 2.45) is 0 Å². The molecule has 0 aliphatic carbocycles. The maximum atomic E-state index is 11.9. The molecule has 1 aliphatic heterocycles. The summed E-state index contributed by atoms with van der Waals surface area (Å²) >= 11 is 5.34. The molecule has 5 nitrogen and oxygen atoms in total. The fraction of sp³-hybridized carbons (Fsp3) is 0.0833. The maximum Gasteiger partial charge on any atom is 0.441 e. The lowest BCUT2D eigenvalue weighted by Crippen LogP contribution is -2.13. The number of rotatable bonds is 3. The predicted molar refractivity (Wildman–Crippen MR) is 128 cm³/mol. The first-order valence-corrected chi connectivity index (χ1v) is 11.4.